The Morgan fingerprint density at radius 3 is 1.76 bits per heavy atom. The molecule has 0 aromatic heterocycles. The van der Waals surface area contributed by atoms with Crippen molar-refractivity contribution in [2.75, 3.05) is 0 Å². The van der Waals surface area contributed by atoms with E-state index in [-0.39, 0.29) is 12.8 Å². The third-order valence-electron chi connectivity index (χ3n) is 1.93. The summed E-state index contributed by atoms with van der Waals surface area (Å²) in [4.78, 5) is 10.2. The molecule has 0 amide bonds. The van der Waals surface area contributed by atoms with Crippen LogP contribution in [0.3, 0.4) is 0 Å². The summed E-state index contributed by atoms with van der Waals surface area (Å²) >= 11 is 4.84. The second-order valence-electron chi connectivity index (χ2n) is 3.34. The van der Waals surface area contributed by atoms with Crippen molar-refractivity contribution in [1.29, 1.82) is 0 Å². The zero-order valence-electron chi connectivity index (χ0n) is 8.26. The SMILES string of the molecule is O=C(Cl)CCCCC(F)(F)C(F)(F)C(F)(F)F. The molecule has 102 valence electrons. The Hall–Kier alpha value is -0.530. The lowest BCUT2D eigenvalue weighted by Crippen LogP contribution is -2.51. The molecule has 9 heteroatoms. The summed E-state index contributed by atoms with van der Waals surface area (Å²) in [6.45, 7) is 0. The largest absolute Gasteiger partial charge is 0.459 e. The Morgan fingerprint density at radius 1 is 0.941 bits per heavy atom. The van der Waals surface area contributed by atoms with Gasteiger partial charge in [0.1, 0.15) is 0 Å². The fourth-order valence-corrected chi connectivity index (χ4v) is 1.11. The summed E-state index contributed by atoms with van der Waals surface area (Å²) < 4.78 is 84.9. The van der Waals surface area contributed by atoms with E-state index in [0.717, 1.165) is 0 Å². The molecule has 0 aliphatic heterocycles. The molecule has 0 atom stereocenters. The maximum Gasteiger partial charge on any atom is 0.459 e. The molecule has 0 N–H and O–H groups in total. The number of hydrogen-bond acceptors (Lipinski definition) is 1. The van der Waals surface area contributed by atoms with Gasteiger partial charge in [0.15, 0.2) is 0 Å². The fourth-order valence-electron chi connectivity index (χ4n) is 0.975. The summed E-state index contributed by atoms with van der Waals surface area (Å²) in [5.41, 5.74) is 0. The van der Waals surface area contributed by atoms with Gasteiger partial charge < -0.3 is 0 Å². The van der Waals surface area contributed by atoms with Gasteiger partial charge in [-0.2, -0.15) is 30.7 Å². The summed E-state index contributed by atoms with van der Waals surface area (Å²) in [6.07, 6.45) is -9.25. The van der Waals surface area contributed by atoms with Crippen LogP contribution in [0.25, 0.3) is 0 Å². The maximum absolute atomic E-state index is 12.6. The molecule has 0 unspecified atom stereocenters. The summed E-state index contributed by atoms with van der Waals surface area (Å²) in [6, 6.07) is 0. The first kappa shape index (κ1) is 16.5. The number of rotatable bonds is 6. The Bertz CT molecular complexity index is 274. The van der Waals surface area contributed by atoms with Crippen LogP contribution in [0, 0.1) is 0 Å². The third-order valence-corrected chi connectivity index (χ3v) is 2.12. The first-order chi connectivity index (χ1) is 7.42. The average molecular weight is 289 g/mol. The minimum Gasteiger partial charge on any atom is -0.281 e. The molecular formula is C8H8ClF7O. The van der Waals surface area contributed by atoms with E-state index < -0.39 is 36.1 Å². The number of hydrogen-bond donors (Lipinski definition) is 0. The van der Waals surface area contributed by atoms with E-state index >= 15 is 0 Å². The van der Waals surface area contributed by atoms with Crippen molar-refractivity contribution in [2.45, 2.75) is 43.7 Å². The highest BCUT2D eigenvalue weighted by atomic mass is 35.5. The van der Waals surface area contributed by atoms with Crippen molar-refractivity contribution in [3.8, 4) is 0 Å². The van der Waals surface area contributed by atoms with Crippen LogP contribution < -0.4 is 0 Å². The molecular weight excluding hydrogens is 281 g/mol. The second kappa shape index (κ2) is 5.41. The van der Waals surface area contributed by atoms with Crippen LogP contribution in [0.2, 0.25) is 0 Å². The zero-order chi connectivity index (χ0) is 13.9. The Kier molecular flexibility index (Phi) is 5.24. The van der Waals surface area contributed by atoms with Gasteiger partial charge in [0, 0.05) is 12.8 Å². The molecule has 0 aromatic rings. The van der Waals surface area contributed by atoms with Crippen molar-refractivity contribution in [1.82, 2.24) is 0 Å². The highest BCUT2D eigenvalue weighted by Gasteiger charge is 2.72. The van der Waals surface area contributed by atoms with E-state index in [2.05, 4.69) is 0 Å². The number of carbonyl (C=O) groups is 1. The predicted molar refractivity (Wildman–Crippen MR) is 45.3 cm³/mol. The number of alkyl halides is 7. The Labute approximate surface area is 96.9 Å². The Balaban J connectivity index is 4.42. The van der Waals surface area contributed by atoms with Gasteiger partial charge in [-0.15, -0.1) is 0 Å². The fraction of sp³-hybridized carbons (Fsp3) is 0.875. The quantitative estimate of drug-likeness (QED) is 0.408. The van der Waals surface area contributed by atoms with E-state index in [1.807, 2.05) is 0 Å². The van der Waals surface area contributed by atoms with E-state index in [1.165, 1.54) is 0 Å². The smallest absolute Gasteiger partial charge is 0.281 e. The normalized spacial score (nSPS) is 13.9. The number of carbonyl (C=O) groups excluding carboxylic acids is 1. The molecule has 0 rings (SSSR count). The summed E-state index contributed by atoms with van der Waals surface area (Å²) in [5, 5.41) is -0.865. The lowest BCUT2D eigenvalue weighted by atomic mass is 10.0. The van der Waals surface area contributed by atoms with Gasteiger partial charge in [-0.1, -0.05) is 0 Å². The van der Waals surface area contributed by atoms with Crippen molar-refractivity contribution in [2.24, 2.45) is 0 Å². The van der Waals surface area contributed by atoms with E-state index in [1.54, 1.807) is 0 Å². The molecule has 1 nitrogen and oxygen atoms in total. The lowest BCUT2D eigenvalue weighted by Gasteiger charge is -2.28. The highest BCUT2D eigenvalue weighted by molar-refractivity contribution is 6.63. The molecule has 0 aliphatic rings. The van der Waals surface area contributed by atoms with Crippen molar-refractivity contribution in [3.63, 3.8) is 0 Å². The maximum atomic E-state index is 12.6. The zero-order valence-corrected chi connectivity index (χ0v) is 9.02. The first-order valence-electron chi connectivity index (χ1n) is 4.42. The predicted octanol–water partition coefficient (Wildman–Crippen LogP) is 4.15. The van der Waals surface area contributed by atoms with Gasteiger partial charge in [-0.3, -0.25) is 4.79 Å². The van der Waals surface area contributed by atoms with Gasteiger partial charge in [-0.05, 0) is 24.4 Å². The van der Waals surface area contributed by atoms with Gasteiger partial charge in [0.2, 0.25) is 5.24 Å². The van der Waals surface area contributed by atoms with Crippen LogP contribution in [-0.2, 0) is 4.79 Å². The average Bonchev–Trinajstić information content (AvgIpc) is 2.10. The van der Waals surface area contributed by atoms with Gasteiger partial charge in [-0.25, -0.2) is 0 Å². The van der Waals surface area contributed by atoms with Crippen molar-refractivity contribution in [3.05, 3.63) is 0 Å². The van der Waals surface area contributed by atoms with Crippen molar-refractivity contribution < 1.29 is 35.5 Å². The van der Waals surface area contributed by atoms with Crippen LogP contribution in [-0.4, -0.2) is 23.3 Å². The minimum absolute atomic E-state index is 0.272. The monoisotopic (exact) mass is 288 g/mol. The molecule has 0 bridgehead atoms. The number of halogens is 8. The third kappa shape index (κ3) is 4.33. The first-order valence-corrected chi connectivity index (χ1v) is 4.80. The number of unbranched alkanes of at least 4 members (excludes halogenated alkanes) is 1. The highest BCUT2D eigenvalue weighted by Crippen LogP contribution is 2.48. The summed E-state index contributed by atoms with van der Waals surface area (Å²) in [5.74, 6) is -11.3. The molecule has 17 heavy (non-hydrogen) atoms. The second-order valence-corrected chi connectivity index (χ2v) is 3.76. The molecule has 0 spiro atoms. The van der Waals surface area contributed by atoms with Crippen LogP contribution >= 0.6 is 11.6 Å². The summed E-state index contributed by atoms with van der Waals surface area (Å²) in [7, 11) is 0. The van der Waals surface area contributed by atoms with Crippen molar-refractivity contribution >= 4 is 16.8 Å². The van der Waals surface area contributed by atoms with Gasteiger partial charge in [0.05, 0.1) is 0 Å². The Morgan fingerprint density at radius 2 is 1.41 bits per heavy atom. The molecule has 0 radical (unpaired) electrons. The van der Waals surface area contributed by atoms with E-state index in [0.29, 0.717) is 0 Å². The van der Waals surface area contributed by atoms with E-state index in [9.17, 15) is 35.5 Å². The molecule has 0 heterocycles. The van der Waals surface area contributed by atoms with Crippen LogP contribution in [0.4, 0.5) is 30.7 Å². The molecule has 0 saturated carbocycles. The van der Waals surface area contributed by atoms with Crippen LogP contribution in [0.15, 0.2) is 0 Å². The molecule has 0 fully saturated rings. The molecule has 0 saturated heterocycles. The van der Waals surface area contributed by atoms with Crippen LogP contribution in [0.5, 0.6) is 0 Å². The minimum atomic E-state index is -6.31. The lowest BCUT2D eigenvalue weighted by molar-refractivity contribution is -0.355. The topological polar surface area (TPSA) is 17.1 Å². The molecule has 0 aliphatic carbocycles. The van der Waals surface area contributed by atoms with Gasteiger partial charge in [0.25, 0.3) is 0 Å². The van der Waals surface area contributed by atoms with Crippen LogP contribution in [0.1, 0.15) is 25.7 Å². The standard InChI is InChI=1S/C8H8ClF7O/c9-5(17)3-1-2-4-6(10,11)7(12,13)8(14,15)16/h1-4H2. The van der Waals surface area contributed by atoms with Gasteiger partial charge >= 0.3 is 18.0 Å². The molecule has 0 aromatic carbocycles. The van der Waals surface area contributed by atoms with E-state index in [4.69, 9.17) is 11.6 Å².